The van der Waals surface area contributed by atoms with Gasteiger partial charge in [0.2, 0.25) is 0 Å². The zero-order valence-electron chi connectivity index (χ0n) is 4.44. The van der Waals surface area contributed by atoms with Gasteiger partial charge in [-0.1, -0.05) is 0 Å². The van der Waals surface area contributed by atoms with E-state index in [1.54, 1.807) is 0 Å². The lowest BCUT2D eigenvalue weighted by Gasteiger charge is -1.74. The Hall–Kier alpha value is -1.37. The summed E-state index contributed by atoms with van der Waals surface area (Å²) < 4.78 is 0. The molecule has 0 aromatic rings. The van der Waals surface area contributed by atoms with Crippen LogP contribution < -0.4 is 5.73 Å². The lowest BCUT2D eigenvalue weighted by Crippen LogP contribution is -2.54. The van der Waals surface area contributed by atoms with E-state index in [2.05, 4.69) is 5.73 Å². The topological polar surface area (TPSA) is 131 Å². The van der Waals surface area contributed by atoms with Gasteiger partial charge in [0.25, 0.3) is 0 Å². The quantitative estimate of drug-likeness (QED) is 0.321. The van der Waals surface area contributed by atoms with Crippen molar-refractivity contribution in [1.29, 1.82) is 0 Å². The van der Waals surface area contributed by atoms with Gasteiger partial charge in [0.05, 0.1) is 5.09 Å². The van der Waals surface area contributed by atoms with Gasteiger partial charge < -0.3 is 26.2 Å². The average molecular weight is 138 g/mol. The first-order valence-electron chi connectivity index (χ1n) is 1.83. The van der Waals surface area contributed by atoms with E-state index in [1.807, 2.05) is 0 Å². The Morgan fingerprint density at radius 3 is 1.78 bits per heavy atom. The number of hydrogen-bond donors (Lipinski definition) is 2. The van der Waals surface area contributed by atoms with Crippen LogP contribution in [0.15, 0.2) is 0 Å². The molecule has 0 atom stereocenters. The molecular formula is C2H6N2O5. The molecule has 54 valence electrons. The highest BCUT2D eigenvalue weighted by Gasteiger charge is 1.85. The van der Waals surface area contributed by atoms with Gasteiger partial charge in [0.15, 0.2) is 6.54 Å². The van der Waals surface area contributed by atoms with Crippen LogP contribution in [-0.2, 0) is 4.79 Å². The molecule has 0 rings (SSSR count). The Bertz CT molecular complexity index is 97.1. The second kappa shape index (κ2) is 6.63. The van der Waals surface area contributed by atoms with E-state index in [9.17, 15) is 4.79 Å². The van der Waals surface area contributed by atoms with Crippen LogP contribution in [0.2, 0.25) is 0 Å². The first kappa shape index (κ1) is 10.6. The summed E-state index contributed by atoms with van der Waals surface area (Å²) in [6, 6.07) is 0. The Morgan fingerprint density at radius 2 is 1.78 bits per heavy atom. The third-order valence-electron chi connectivity index (χ3n) is 0.214. The lowest BCUT2D eigenvalue weighted by atomic mass is 10.7. The second-order valence-electron chi connectivity index (χ2n) is 0.867. The van der Waals surface area contributed by atoms with Gasteiger partial charge in [-0.15, -0.1) is 0 Å². The van der Waals surface area contributed by atoms with Gasteiger partial charge in [-0.3, -0.25) is 0 Å². The summed E-state index contributed by atoms with van der Waals surface area (Å²) in [4.78, 5) is 17.6. The summed E-state index contributed by atoms with van der Waals surface area (Å²) in [5, 5.41) is 22.4. The van der Waals surface area contributed by atoms with Gasteiger partial charge in [-0.05, 0) is 0 Å². The van der Waals surface area contributed by atoms with Crippen molar-refractivity contribution < 1.29 is 20.7 Å². The summed E-state index contributed by atoms with van der Waals surface area (Å²) in [5.74, 6) is -0.856. The predicted octanol–water partition coefficient (Wildman–Crippen LogP) is -1.93. The molecule has 0 saturated heterocycles. The Labute approximate surface area is 49.8 Å². The molecule has 0 saturated carbocycles. The van der Waals surface area contributed by atoms with E-state index in [4.69, 9.17) is 20.4 Å². The molecule has 9 heavy (non-hydrogen) atoms. The molecule has 0 heterocycles. The fourth-order valence-electron chi connectivity index (χ4n) is 0. The summed E-state index contributed by atoms with van der Waals surface area (Å²) in [6.45, 7) is -0.0278. The first-order chi connectivity index (χ1) is 4.00. The van der Waals surface area contributed by atoms with Gasteiger partial charge in [0.1, 0.15) is 0 Å². The maximum absolute atomic E-state index is 9.31. The molecule has 7 heteroatoms. The molecule has 0 radical (unpaired) electrons. The normalized spacial score (nSPS) is 6.78. The summed E-state index contributed by atoms with van der Waals surface area (Å²) >= 11 is 0. The van der Waals surface area contributed by atoms with E-state index in [1.165, 1.54) is 0 Å². The summed E-state index contributed by atoms with van der Waals surface area (Å²) in [6.07, 6.45) is 0. The molecule has 0 spiro atoms. The molecule has 0 aliphatic rings. The van der Waals surface area contributed by atoms with Crippen molar-refractivity contribution >= 4 is 5.97 Å². The third-order valence-corrected chi connectivity index (χ3v) is 0.214. The molecular weight excluding hydrogens is 132 g/mol. The second-order valence-corrected chi connectivity index (χ2v) is 0.867. The van der Waals surface area contributed by atoms with Crippen LogP contribution in [0.3, 0.4) is 0 Å². The molecule has 0 aromatic heterocycles. The highest BCUT2D eigenvalue weighted by Crippen LogP contribution is 1.44. The van der Waals surface area contributed by atoms with E-state index in [-0.39, 0.29) is 6.54 Å². The number of nitrogens with zero attached hydrogens (tertiary/aromatic N) is 1. The fraction of sp³-hybridized carbons (Fsp3) is 0.500. The minimum Gasteiger partial charge on any atom is -0.477 e. The molecule has 0 aliphatic carbocycles. The van der Waals surface area contributed by atoms with Crippen LogP contribution in [0.25, 0.3) is 0 Å². The largest absolute Gasteiger partial charge is 0.477 e. The number of aliphatic carboxylic acids is 1. The molecule has 0 unspecified atom stereocenters. The van der Waals surface area contributed by atoms with E-state index < -0.39 is 11.1 Å². The smallest absolute Gasteiger partial charge is 0.359 e. The van der Waals surface area contributed by atoms with Crippen LogP contribution in [0.5, 0.6) is 0 Å². The van der Waals surface area contributed by atoms with Crippen LogP contribution in [0.4, 0.5) is 0 Å². The van der Waals surface area contributed by atoms with Crippen molar-refractivity contribution in [3.05, 3.63) is 15.3 Å². The van der Waals surface area contributed by atoms with Crippen molar-refractivity contribution in [1.82, 2.24) is 0 Å². The SMILES string of the molecule is O=[N+]([O-])[O-].[NH3+]CC(=O)O. The summed E-state index contributed by atoms with van der Waals surface area (Å²) in [5.41, 5.74) is 3.09. The predicted molar refractivity (Wildman–Crippen MR) is 25.8 cm³/mol. The number of hydrogen-bond acceptors (Lipinski definition) is 4. The highest BCUT2D eigenvalue weighted by molar-refractivity contribution is 5.67. The van der Waals surface area contributed by atoms with Crippen LogP contribution >= 0.6 is 0 Å². The van der Waals surface area contributed by atoms with Gasteiger partial charge in [-0.2, -0.15) is 0 Å². The minimum atomic E-state index is -1.75. The van der Waals surface area contributed by atoms with E-state index >= 15 is 0 Å². The van der Waals surface area contributed by atoms with Gasteiger partial charge in [-0.25, -0.2) is 4.79 Å². The molecule has 0 aliphatic heterocycles. The maximum Gasteiger partial charge on any atom is 0.359 e. The van der Waals surface area contributed by atoms with Gasteiger partial charge in [0, 0.05) is 0 Å². The Balaban J connectivity index is 0. The minimum absolute atomic E-state index is 0.0278. The number of carboxylic acid groups (broad SMARTS) is 1. The van der Waals surface area contributed by atoms with Crippen molar-refractivity contribution in [2.75, 3.05) is 6.54 Å². The average Bonchev–Trinajstić information content (AvgIpc) is 1.65. The molecule has 0 amide bonds. The first-order valence-corrected chi connectivity index (χ1v) is 1.83. The van der Waals surface area contributed by atoms with Crippen molar-refractivity contribution in [2.24, 2.45) is 0 Å². The molecule has 7 nitrogen and oxygen atoms in total. The zero-order chi connectivity index (χ0) is 7.86. The fourth-order valence-corrected chi connectivity index (χ4v) is 0. The third kappa shape index (κ3) is 358. The van der Waals surface area contributed by atoms with E-state index in [0.717, 1.165) is 0 Å². The summed E-state index contributed by atoms with van der Waals surface area (Å²) in [7, 11) is 0. The number of carboxylic acids is 1. The maximum atomic E-state index is 9.31. The number of quaternary nitrogens is 1. The molecule has 0 aromatic carbocycles. The molecule has 4 N–H and O–H groups in total. The molecule has 0 bridgehead atoms. The van der Waals surface area contributed by atoms with Crippen LogP contribution in [-0.4, -0.2) is 22.7 Å². The lowest BCUT2D eigenvalue weighted by molar-refractivity contribution is -0.402. The highest BCUT2D eigenvalue weighted by atomic mass is 16.9. The Kier molecular flexibility index (Phi) is 7.79. The number of carbonyl (C=O) groups is 1. The number of rotatable bonds is 1. The van der Waals surface area contributed by atoms with Crippen molar-refractivity contribution in [3.63, 3.8) is 0 Å². The van der Waals surface area contributed by atoms with E-state index in [0.29, 0.717) is 0 Å². The van der Waals surface area contributed by atoms with Crippen LogP contribution in [0.1, 0.15) is 0 Å². The van der Waals surface area contributed by atoms with Crippen molar-refractivity contribution in [2.45, 2.75) is 0 Å². The Morgan fingerprint density at radius 1 is 1.67 bits per heavy atom. The zero-order valence-corrected chi connectivity index (χ0v) is 4.44. The van der Waals surface area contributed by atoms with Crippen LogP contribution in [0, 0.1) is 15.3 Å². The molecule has 0 fully saturated rings. The van der Waals surface area contributed by atoms with Crippen molar-refractivity contribution in [3.8, 4) is 0 Å². The monoisotopic (exact) mass is 138 g/mol. The standard InChI is InChI=1S/C2H5NO2.NO3/c3-1-2(4)5;2-1(3)4/h1,3H2,(H,4,5);/q;-1/p+1. The van der Waals surface area contributed by atoms with Gasteiger partial charge >= 0.3 is 5.97 Å².